The van der Waals surface area contributed by atoms with Crippen molar-refractivity contribution in [3.63, 3.8) is 0 Å². The van der Waals surface area contributed by atoms with Crippen LogP contribution in [-0.4, -0.2) is 53.3 Å². The van der Waals surface area contributed by atoms with Gasteiger partial charge >= 0.3 is 6.03 Å². The van der Waals surface area contributed by atoms with E-state index in [-0.39, 0.29) is 0 Å². The topological polar surface area (TPSA) is 69.7 Å². The van der Waals surface area contributed by atoms with E-state index in [1.165, 1.54) is 6.92 Å². The van der Waals surface area contributed by atoms with Gasteiger partial charge in [-0.05, 0) is 19.9 Å². The van der Waals surface area contributed by atoms with Crippen LogP contribution in [0.25, 0.3) is 0 Å². The molecule has 88 valence electrons. The number of likely N-dealkylation sites (tertiary alicyclic amines) is 1. The summed E-state index contributed by atoms with van der Waals surface area (Å²) in [5.41, 5.74) is -0.838. The number of amides is 4. The summed E-state index contributed by atoms with van der Waals surface area (Å²) in [5, 5.41) is 2.66. The predicted molar refractivity (Wildman–Crippen MR) is 55.5 cm³/mol. The summed E-state index contributed by atoms with van der Waals surface area (Å²) in [5.74, 6) is -0.906. The Balaban J connectivity index is 2.23. The van der Waals surface area contributed by atoms with Gasteiger partial charge in [-0.1, -0.05) is 0 Å². The number of carbonyl (C=O) groups excluding carboxylic acids is 3. The van der Waals surface area contributed by atoms with Gasteiger partial charge in [-0.25, -0.2) is 4.79 Å². The predicted octanol–water partition coefficient (Wildman–Crippen LogP) is -0.451. The minimum Gasteiger partial charge on any atom is -0.323 e. The second-order valence-electron chi connectivity index (χ2n) is 4.48. The van der Waals surface area contributed by atoms with Gasteiger partial charge in [-0.3, -0.25) is 9.59 Å². The van der Waals surface area contributed by atoms with E-state index in [9.17, 15) is 14.4 Å². The third kappa shape index (κ3) is 1.49. The van der Waals surface area contributed by atoms with E-state index in [0.29, 0.717) is 17.7 Å². The van der Waals surface area contributed by atoms with Gasteiger partial charge in [-0.2, -0.15) is 4.90 Å². The van der Waals surface area contributed by atoms with Gasteiger partial charge < -0.3 is 10.2 Å². The van der Waals surface area contributed by atoms with E-state index in [1.54, 1.807) is 0 Å². The molecule has 0 saturated carbocycles. The molecule has 2 fully saturated rings. The molecule has 6 nitrogen and oxygen atoms in total. The Morgan fingerprint density at radius 1 is 1.31 bits per heavy atom. The molecule has 0 aromatic heterocycles. The van der Waals surface area contributed by atoms with Crippen molar-refractivity contribution in [3.05, 3.63) is 0 Å². The summed E-state index contributed by atoms with van der Waals surface area (Å²) in [6.07, 6.45) is 1.13. The molecule has 0 aromatic carbocycles. The van der Waals surface area contributed by atoms with Crippen molar-refractivity contribution in [3.8, 4) is 0 Å². The lowest BCUT2D eigenvalue weighted by Crippen LogP contribution is -2.54. The number of piperidine rings is 1. The SMILES string of the molecule is CC(=O)N1C(=O)NC2(CCN(C)CC2)C1=O. The van der Waals surface area contributed by atoms with Gasteiger partial charge in [0.1, 0.15) is 5.54 Å². The molecule has 0 aromatic rings. The summed E-state index contributed by atoms with van der Waals surface area (Å²) in [4.78, 5) is 37.6. The van der Waals surface area contributed by atoms with E-state index < -0.39 is 23.4 Å². The number of nitrogens with one attached hydrogen (secondary N) is 1. The molecular weight excluding hydrogens is 210 g/mol. The zero-order chi connectivity index (χ0) is 11.9. The maximum atomic E-state index is 12.0. The Morgan fingerprint density at radius 2 is 1.88 bits per heavy atom. The van der Waals surface area contributed by atoms with Crippen molar-refractivity contribution in [2.45, 2.75) is 25.3 Å². The number of hydrogen-bond acceptors (Lipinski definition) is 4. The Morgan fingerprint density at radius 3 is 2.31 bits per heavy atom. The first-order valence-corrected chi connectivity index (χ1v) is 5.32. The summed E-state index contributed by atoms with van der Waals surface area (Å²) >= 11 is 0. The van der Waals surface area contributed by atoms with Crippen LogP contribution in [0.15, 0.2) is 0 Å². The van der Waals surface area contributed by atoms with Gasteiger partial charge in [0, 0.05) is 20.0 Å². The van der Waals surface area contributed by atoms with Crippen molar-refractivity contribution in [1.29, 1.82) is 0 Å². The maximum Gasteiger partial charge on any atom is 0.331 e. The molecule has 0 aliphatic carbocycles. The van der Waals surface area contributed by atoms with E-state index in [0.717, 1.165) is 13.1 Å². The molecule has 6 heteroatoms. The lowest BCUT2D eigenvalue weighted by molar-refractivity contribution is -0.141. The molecule has 16 heavy (non-hydrogen) atoms. The van der Waals surface area contributed by atoms with Crippen molar-refractivity contribution in [2.75, 3.05) is 20.1 Å². The fraction of sp³-hybridized carbons (Fsp3) is 0.700. The maximum absolute atomic E-state index is 12.0. The van der Waals surface area contributed by atoms with Gasteiger partial charge in [0.25, 0.3) is 5.91 Å². The molecule has 2 heterocycles. The summed E-state index contributed by atoms with van der Waals surface area (Å²) in [6.45, 7) is 2.72. The van der Waals surface area contributed by atoms with Crippen LogP contribution in [0, 0.1) is 0 Å². The van der Waals surface area contributed by atoms with Crippen LogP contribution in [0.5, 0.6) is 0 Å². The first-order chi connectivity index (χ1) is 7.46. The molecule has 2 saturated heterocycles. The number of carbonyl (C=O) groups is 3. The molecule has 2 aliphatic heterocycles. The lowest BCUT2D eigenvalue weighted by Gasteiger charge is -2.35. The Bertz CT molecular complexity index is 358. The second-order valence-corrected chi connectivity index (χ2v) is 4.48. The van der Waals surface area contributed by atoms with Crippen LogP contribution in [-0.2, 0) is 9.59 Å². The fourth-order valence-corrected chi connectivity index (χ4v) is 2.25. The zero-order valence-corrected chi connectivity index (χ0v) is 9.45. The standard InChI is InChI=1S/C10H15N3O3/c1-7(14)13-8(15)10(11-9(13)16)3-5-12(2)6-4-10/h3-6H2,1-2H3,(H,11,16). The molecule has 0 radical (unpaired) electrons. The first-order valence-electron chi connectivity index (χ1n) is 5.32. The highest BCUT2D eigenvalue weighted by atomic mass is 16.2. The van der Waals surface area contributed by atoms with Crippen molar-refractivity contribution in [2.24, 2.45) is 0 Å². The number of hydrogen-bond donors (Lipinski definition) is 1. The Hall–Kier alpha value is -1.43. The van der Waals surface area contributed by atoms with Crippen molar-refractivity contribution >= 4 is 17.8 Å². The van der Waals surface area contributed by atoms with E-state index in [1.807, 2.05) is 7.05 Å². The third-order valence-corrected chi connectivity index (χ3v) is 3.32. The summed E-state index contributed by atoms with van der Waals surface area (Å²) in [7, 11) is 1.97. The number of nitrogens with zero attached hydrogens (tertiary/aromatic N) is 2. The first kappa shape index (κ1) is 11.1. The summed E-state index contributed by atoms with van der Waals surface area (Å²) < 4.78 is 0. The zero-order valence-electron chi connectivity index (χ0n) is 9.45. The Kier molecular flexibility index (Phi) is 2.46. The molecule has 4 amide bonds. The molecule has 0 atom stereocenters. The lowest BCUT2D eigenvalue weighted by atomic mass is 9.88. The monoisotopic (exact) mass is 225 g/mol. The molecule has 1 N–H and O–H groups in total. The molecule has 0 bridgehead atoms. The highest BCUT2D eigenvalue weighted by molar-refractivity contribution is 6.17. The molecular formula is C10H15N3O3. The molecule has 1 spiro atoms. The quantitative estimate of drug-likeness (QED) is 0.567. The van der Waals surface area contributed by atoms with E-state index in [2.05, 4.69) is 10.2 Å². The second kappa shape index (κ2) is 3.55. The Labute approximate surface area is 93.6 Å². The smallest absolute Gasteiger partial charge is 0.323 e. The van der Waals surface area contributed by atoms with Crippen LogP contribution >= 0.6 is 0 Å². The van der Waals surface area contributed by atoms with Gasteiger partial charge in [0.2, 0.25) is 5.91 Å². The van der Waals surface area contributed by atoms with Gasteiger partial charge in [-0.15, -0.1) is 0 Å². The highest BCUT2D eigenvalue weighted by Gasteiger charge is 2.53. The number of imide groups is 3. The van der Waals surface area contributed by atoms with Gasteiger partial charge in [0.05, 0.1) is 0 Å². The number of rotatable bonds is 0. The minimum atomic E-state index is -0.838. The van der Waals surface area contributed by atoms with Crippen LogP contribution in [0.3, 0.4) is 0 Å². The van der Waals surface area contributed by atoms with Crippen molar-refractivity contribution in [1.82, 2.24) is 15.1 Å². The number of urea groups is 1. The summed E-state index contributed by atoms with van der Waals surface area (Å²) in [6, 6.07) is -0.581. The average Bonchev–Trinajstić information content (AvgIpc) is 2.44. The average molecular weight is 225 g/mol. The fourth-order valence-electron chi connectivity index (χ4n) is 2.25. The van der Waals surface area contributed by atoms with E-state index >= 15 is 0 Å². The normalized spacial score (nSPS) is 25.0. The highest BCUT2D eigenvalue weighted by Crippen LogP contribution is 2.28. The van der Waals surface area contributed by atoms with Crippen LogP contribution < -0.4 is 5.32 Å². The van der Waals surface area contributed by atoms with Crippen molar-refractivity contribution < 1.29 is 14.4 Å². The van der Waals surface area contributed by atoms with Crippen LogP contribution in [0.4, 0.5) is 4.79 Å². The third-order valence-electron chi connectivity index (χ3n) is 3.32. The largest absolute Gasteiger partial charge is 0.331 e. The molecule has 2 rings (SSSR count). The van der Waals surface area contributed by atoms with E-state index in [4.69, 9.17) is 0 Å². The molecule has 0 unspecified atom stereocenters. The van der Waals surface area contributed by atoms with Crippen LogP contribution in [0.1, 0.15) is 19.8 Å². The van der Waals surface area contributed by atoms with Gasteiger partial charge in [0.15, 0.2) is 0 Å². The molecule has 2 aliphatic rings. The van der Waals surface area contributed by atoms with Crippen LogP contribution in [0.2, 0.25) is 0 Å². The minimum absolute atomic E-state index is 0.391.